The normalized spacial score (nSPS) is 27.2. The molecule has 1 nitrogen and oxygen atoms in total. The molecule has 1 fully saturated rings. The summed E-state index contributed by atoms with van der Waals surface area (Å²) in [5.74, 6) is 1.89. The summed E-state index contributed by atoms with van der Waals surface area (Å²) in [4.78, 5) is 0. The molecule has 0 heterocycles. The molecule has 0 saturated heterocycles. The van der Waals surface area contributed by atoms with Gasteiger partial charge in [0.25, 0.3) is 0 Å². The molecule has 108 valence electrons. The van der Waals surface area contributed by atoms with Crippen LogP contribution in [0, 0.1) is 17.3 Å². The van der Waals surface area contributed by atoms with Crippen molar-refractivity contribution in [1.82, 2.24) is 5.32 Å². The summed E-state index contributed by atoms with van der Waals surface area (Å²) in [6.45, 7) is 12.9. The maximum Gasteiger partial charge on any atom is 0.00953 e. The summed E-state index contributed by atoms with van der Waals surface area (Å²) in [7, 11) is 0. The third-order valence-corrected chi connectivity index (χ3v) is 4.45. The van der Waals surface area contributed by atoms with Crippen LogP contribution < -0.4 is 5.32 Å². The van der Waals surface area contributed by atoms with E-state index in [0.717, 1.165) is 24.4 Å². The van der Waals surface area contributed by atoms with E-state index in [1.807, 2.05) is 0 Å². The van der Waals surface area contributed by atoms with Gasteiger partial charge < -0.3 is 5.32 Å². The van der Waals surface area contributed by atoms with E-state index in [-0.39, 0.29) is 0 Å². The lowest BCUT2D eigenvalue weighted by molar-refractivity contribution is 0.208. The highest BCUT2D eigenvalue weighted by Crippen LogP contribution is 2.33. The molecule has 1 N–H and O–H groups in total. The Morgan fingerprint density at radius 3 is 2.50 bits per heavy atom. The van der Waals surface area contributed by atoms with Crippen LogP contribution >= 0.6 is 0 Å². The molecule has 1 aliphatic carbocycles. The minimum absolute atomic E-state index is 0.497. The highest BCUT2D eigenvalue weighted by Gasteiger charge is 2.26. The molecule has 0 amide bonds. The Hall–Kier alpha value is -0.0400. The molecule has 3 atom stereocenters. The Morgan fingerprint density at radius 2 is 1.94 bits per heavy atom. The predicted octanol–water partition coefficient (Wildman–Crippen LogP) is 5.01. The maximum absolute atomic E-state index is 3.76. The van der Waals surface area contributed by atoms with E-state index in [9.17, 15) is 0 Å². The summed E-state index contributed by atoms with van der Waals surface area (Å²) in [6.07, 6.45) is 9.93. The van der Waals surface area contributed by atoms with Gasteiger partial charge in [-0.25, -0.2) is 0 Å². The van der Waals surface area contributed by atoms with Crippen LogP contribution in [0.2, 0.25) is 0 Å². The first kappa shape index (κ1) is 16.0. The zero-order chi connectivity index (χ0) is 13.6. The molecular formula is C17H35N. The van der Waals surface area contributed by atoms with Crippen molar-refractivity contribution in [3.05, 3.63) is 0 Å². The summed E-state index contributed by atoms with van der Waals surface area (Å²) in [6, 6.07) is 0.778. The second-order valence-corrected chi connectivity index (χ2v) is 7.65. The van der Waals surface area contributed by atoms with Crippen LogP contribution in [0.5, 0.6) is 0 Å². The van der Waals surface area contributed by atoms with Crippen molar-refractivity contribution in [3.8, 4) is 0 Å². The first-order valence-electron chi connectivity index (χ1n) is 8.15. The summed E-state index contributed by atoms with van der Waals surface area (Å²) in [5, 5.41) is 3.76. The van der Waals surface area contributed by atoms with Gasteiger partial charge in [0.15, 0.2) is 0 Å². The molecule has 0 aliphatic heterocycles. The lowest BCUT2D eigenvalue weighted by atomic mass is 9.76. The van der Waals surface area contributed by atoms with Crippen LogP contribution in [-0.2, 0) is 0 Å². The van der Waals surface area contributed by atoms with Crippen LogP contribution in [0.15, 0.2) is 0 Å². The second-order valence-electron chi connectivity index (χ2n) is 7.65. The van der Waals surface area contributed by atoms with E-state index >= 15 is 0 Å². The molecule has 1 saturated carbocycles. The van der Waals surface area contributed by atoms with Gasteiger partial charge in [-0.3, -0.25) is 0 Å². The SMILES string of the molecule is CCNC(CCCC(C)(C)C)C1CCCC(C)C1. The van der Waals surface area contributed by atoms with Gasteiger partial charge in [0.2, 0.25) is 0 Å². The monoisotopic (exact) mass is 253 g/mol. The molecule has 0 aromatic heterocycles. The fourth-order valence-corrected chi connectivity index (χ4v) is 3.47. The van der Waals surface area contributed by atoms with Crippen LogP contribution in [0.4, 0.5) is 0 Å². The molecule has 0 aromatic rings. The Bertz CT molecular complexity index is 216. The van der Waals surface area contributed by atoms with Crippen molar-refractivity contribution < 1.29 is 0 Å². The highest BCUT2D eigenvalue weighted by atomic mass is 14.9. The van der Waals surface area contributed by atoms with Crippen LogP contribution in [0.3, 0.4) is 0 Å². The minimum atomic E-state index is 0.497. The summed E-state index contributed by atoms with van der Waals surface area (Å²) >= 11 is 0. The van der Waals surface area contributed by atoms with Gasteiger partial charge in [-0.05, 0) is 49.5 Å². The number of hydrogen-bond acceptors (Lipinski definition) is 1. The fraction of sp³-hybridized carbons (Fsp3) is 1.00. The van der Waals surface area contributed by atoms with E-state index in [2.05, 4.69) is 39.9 Å². The zero-order valence-electron chi connectivity index (χ0n) is 13.4. The average molecular weight is 253 g/mol. The Balaban J connectivity index is 2.38. The second kappa shape index (κ2) is 7.53. The van der Waals surface area contributed by atoms with Gasteiger partial charge in [-0.15, -0.1) is 0 Å². The zero-order valence-corrected chi connectivity index (χ0v) is 13.4. The van der Waals surface area contributed by atoms with E-state index in [1.54, 1.807) is 0 Å². The molecule has 0 radical (unpaired) electrons. The standard InChI is InChI=1S/C17H35N/c1-6-18-16(11-8-12-17(3,4)5)15-10-7-9-14(2)13-15/h14-16,18H,6-13H2,1-5H3. The predicted molar refractivity (Wildman–Crippen MR) is 81.9 cm³/mol. The summed E-state index contributed by atoms with van der Waals surface area (Å²) < 4.78 is 0. The number of hydrogen-bond donors (Lipinski definition) is 1. The maximum atomic E-state index is 3.76. The molecule has 1 aliphatic rings. The minimum Gasteiger partial charge on any atom is -0.314 e. The van der Waals surface area contributed by atoms with Crippen molar-refractivity contribution in [1.29, 1.82) is 0 Å². The lowest BCUT2D eigenvalue weighted by Gasteiger charge is -2.34. The van der Waals surface area contributed by atoms with Gasteiger partial charge in [-0.1, -0.05) is 53.9 Å². The Labute approximate surface area is 115 Å². The van der Waals surface area contributed by atoms with Gasteiger partial charge in [0, 0.05) is 6.04 Å². The molecule has 3 unspecified atom stereocenters. The number of nitrogens with one attached hydrogen (secondary N) is 1. The average Bonchev–Trinajstić information content (AvgIpc) is 2.26. The first-order chi connectivity index (χ1) is 8.42. The van der Waals surface area contributed by atoms with E-state index in [1.165, 1.54) is 44.9 Å². The first-order valence-corrected chi connectivity index (χ1v) is 8.15. The smallest absolute Gasteiger partial charge is 0.00953 e. The molecule has 1 heteroatoms. The van der Waals surface area contributed by atoms with Crippen molar-refractivity contribution in [2.45, 2.75) is 85.6 Å². The van der Waals surface area contributed by atoms with E-state index < -0.39 is 0 Å². The largest absolute Gasteiger partial charge is 0.314 e. The van der Waals surface area contributed by atoms with Crippen molar-refractivity contribution >= 4 is 0 Å². The van der Waals surface area contributed by atoms with E-state index in [0.29, 0.717) is 5.41 Å². The van der Waals surface area contributed by atoms with Gasteiger partial charge >= 0.3 is 0 Å². The molecular weight excluding hydrogens is 218 g/mol. The van der Waals surface area contributed by atoms with Crippen LogP contribution in [-0.4, -0.2) is 12.6 Å². The number of rotatable bonds is 6. The van der Waals surface area contributed by atoms with Crippen LogP contribution in [0.25, 0.3) is 0 Å². The highest BCUT2D eigenvalue weighted by molar-refractivity contribution is 4.81. The molecule has 18 heavy (non-hydrogen) atoms. The molecule has 0 bridgehead atoms. The molecule has 1 rings (SSSR count). The topological polar surface area (TPSA) is 12.0 Å². The lowest BCUT2D eigenvalue weighted by Crippen LogP contribution is -2.38. The Kier molecular flexibility index (Phi) is 6.70. The fourth-order valence-electron chi connectivity index (χ4n) is 3.47. The Morgan fingerprint density at radius 1 is 1.22 bits per heavy atom. The van der Waals surface area contributed by atoms with Crippen molar-refractivity contribution in [3.63, 3.8) is 0 Å². The quantitative estimate of drug-likeness (QED) is 0.702. The van der Waals surface area contributed by atoms with Crippen LogP contribution in [0.1, 0.15) is 79.6 Å². The summed E-state index contributed by atoms with van der Waals surface area (Å²) in [5.41, 5.74) is 0.497. The van der Waals surface area contributed by atoms with Crippen molar-refractivity contribution in [2.75, 3.05) is 6.54 Å². The van der Waals surface area contributed by atoms with Crippen molar-refractivity contribution in [2.24, 2.45) is 17.3 Å². The van der Waals surface area contributed by atoms with Gasteiger partial charge in [-0.2, -0.15) is 0 Å². The van der Waals surface area contributed by atoms with Gasteiger partial charge in [0.1, 0.15) is 0 Å². The van der Waals surface area contributed by atoms with Gasteiger partial charge in [0.05, 0.1) is 0 Å². The third-order valence-electron chi connectivity index (χ3n) is 4.45. The van der Waals surface area contributed by atoms with E-state index in [4.69, 9.17) is 0 Å². The third kappa shape index (κ3) is 6.22. The molecule has 0 aromatic carbocycles. The molecule has 0 spiro atoms.